The van der Waals surface area contributed by atoms with Gasteiger partial charge in [0.2, 0.25) is 0 Å². The van der Waals surface area contributed by atoms with Crippen molar-refractivity contribution in [2.24, 2.45) is 5.92 Å². The van der Waals surface area contributed by atoms with E-state index < -0.39 is 0 Å². The van der Waals surface area contributed by atoms with Gasteiger partial charge in [0.1, 0.15) is 0 Å². The quantitative estimate of drug-likeness (QED) is 0.463. The Morgan fingerprint density at radius 3 is 2.62 bits per heavy atom. The molecule has 2 heterocycles. The molecule has 0 N–H and O–H groups in total. The number of thioether (sulfide) groups is 1. The third-order valence-electron chi connectivity index (χ3n) is 4.26. The fraction of sp³-hybridized carbons (Fsp3) is 0.562. The number of nitrogens with zero attached hydrogens (tertiary/aromatic N) is 2. The minimum absolute atomic E-state index is 0. The fourth-order valence-electron chi connectivity index (χ4n) is 3.44. The maximum Gasteiger partial charge on any atom is 0.152 e. The molecule has 2 aliphatic rings. The second-order valence-corrected chi connectivity index (χ2v) is 8.09. The van der Waals surface area contributed by atoms with E-state index in [0.29, 0.717) is 11.2 Å². The van der Waals surface area contributed by atoms with Crippen molar-refractivity contribution in [2.75, 3.05) is 45.4 Å². The Morgan fingerprint density at radius 2 is 1.95 bits per heavy atom. The van der Waals surface area contributed by atoms with E-state index in [1.54, 1.807) is 0 Å². The standard InChI is InChI=1S/C16H23N2OS.HI/c1-17-13-8-6-5-7-12(13)14-15(19)11(9-18(2,3)4)10-20-16(14)17;/h5-8,11,14,16H,9-10H2,1-4H3;1H/q+1;/p-1. The zero-order valence-corrected chi connectivity index (χ0v) is 16.0. The number of halogens is 1. The van der Waals surface area contributed by atoms with Crippen molar-refractivity contribution in [3.63, 3.8) is 0 Å². The third kappa shape index (κ3) is 3.10. The van der Waals surface area contributed by atoms with E-state index in [1.165, 1.54) is 11.3 Å². The molecule has 1 aromatic carbocycles. The topological polar surface area (TPSA) is 20.3 Å². The normalized spacial score (nSPS) is 27.9. The molecule has 1 fully saturated rings. The number of hydrogen-bond donors (Lipinski definition) is 0. The number of carbonyl (C=O) groups excluding carboxylic acids is 1. The van der Waals surface area contributed by atoms with Gasteiger partial charge in [-0.05, 0) is 11.6 Å². The number of benzene rings is 1. The van der Waals surface area contributed by atoms with Gasteiger partial charge in [-0.3, -0.25) is 4.79 Å². The van der Waals surface area contributed by atoms with Gasteiger partial charge in [-0.1, -0.05) is 18.2 Å². The number of likely N-dealkylation sites (N-methyl/N-ethyl adjacent to an activating group) is 1. The van der Waals surface area contributed by atoms with E-state index in [9.17, 15) is 4.79 Å². The van der Waals surface area contributed by atoms with Gasteiger partial charge in [-0.25, -0.2) is 0 Å². The largest absolute Gasteiger partial charge is 1.00 e. The summed E-state index contributed by atoms with van der Waals surface area (Å²) in [5.74, 6) is 1.64. The van der Waals surface area contributed by atoms with Gasteiger partial charge in [-0.2, -0.15) is 0 Å². The molecule has 0 aliphatic carbocycles. The minimum Gasteiger partial charge on any atom is -1.00 e. The van der Waals surface area contributed by atoms with Gasteiger partial charge in [0.05, 0.1) is 44.9 Å². The van der Waals surface area contributed by atoms with Crippen LogP contribution in [0.5, 0.6) is 0 Å². The van der Waals surface area contributed by atoms with Crippen LogP contribution in [0.3, 0.4) is 0 Å². The fourth-order valence-corrected chi connectivity index (χ4v) is 4.95. The Hall–Kier alpha value is -0.270. The van der Waals surface area contributed by atoms with Crippen molar-refractivity contribution < 1.29 is 33.3 Å². The molecule has 3 rings (SSSR count). The number of hydrogen-bond acceptors (Lipinski definition) is 3. The lowest BCUT2D eigenvalue weighted by atomic mass is 9.88. The highest BCUT2D eigenvalue weighted by Gasteiger charge is 2.48. The summed E-state index contributed by atoms with van der Waals surface area (Å²) in [5.41, 5.74) is 2.46. The number of Topliss-reactive ketones (excluding diaryl/α,β-unsaturated/α-hetero) is 1. The van der Waals surface area contributed by atoms with E-state index in [1.807, 2.05) is 11.8 Å². The smallest absolute Gasteiger partial charge is 0.152 e. The molecule has 3 unspecified atom stereocenters. The molecule has 2 aliphatic heterocycles. The van der Waals surface area contributed by atoms with Crippen molar-refractivity contribution in [1.29, 1.82) is 0 Å². The summed E-state index contributed by atoms with van der Waals surface area (Å²) in [4.78, 5) is 15.2. The van der Waals surface area contributed by atoms with E-state index in [4.69, 9.17) is 0 Å². The zero-order valence-electron chi connectivity index (χ0n) is 13.0. The third-order valence-corrected chi connectivity index (χ3v) is 5.79. The molecule has 1 aromatic rings. The molecule has 0 aromatic heterocycles. The van der Waals surface area contributed by atoms with Crippen LogP contribution in [0.1, 0.15) is 11.5 Å². The second-order valence-electron chi connectivity index (χ2n) is 6.94. The molecule has 3 atom stereocenters. The summed E-state index contributed by atoms with van der Waals surface area (Å²) in [6.07, 6.45) is 0. The Bertz CT molecular complexity index is 543. The Kier molecular flexibility index (Phi) is 4.95. The monoisotopic (exact) mass is 418 g/mol. The molecular weight excluding hydrogens is 395 g/mol. The summed E-state index contributed by atoms with van der Waals surface area (Å²) in [6.45, 7) is 0.931. The average Bonchev–Trinajstić information content (AvgIpc) is 2.66. The predicted octanol–water partition coefficient (Wildman–Crippen LogP) is -0.812. The van der Waals surface area contributed by atoms with Gasteiger partial charge in [-0.15, -0.1) is 11.8 Å². The van der Waals surface area contributed by atoms with Crippen LogP contribution in [0.25, 0.3) is 0 Å². The van der Waals surface area contributed by atoms with Gasteiger partial charge in [0.25, 0.3) is 0 Å². The Labute approximate surface area is 148 Å². The maximum atomic E-state index is 12.9. The van der Waals surface area contributed by atoms with E-state index >= 15 is 0 Å². The summed E-state index contributed by atoms with van der Waals surface area (Å²) < 4.78 is 0.853. The van der Waals surface area contributed by atoms with Crippen LogP contribution in [0, 0.1) is 5.92 Å². The van der Waals surface area contributed by atoms with Crippen LogP contribution in [-0.4, -0.2) is 56.1 Å². The van der Waals surface area contributed by atoms with E-state index in [2.05, 4.69) is 57.4 Å². The first-order valence-corrected chi connectivity index (χ1v) is 8.21. The van der Waals surface area contributed by atoms with Crippen LogP contribution in [0.2, 0.25) is 0 Å². The molecular formula is C16H23IN2OS. The lowest BCUT2D eigenvalue weighted by Crippen LogP contribution is -3.00. The van der Waals surface area contributed by atoms with Crippen LogP contribution in [-0.2, 0) is 4.79 Å². The first-order chi connectivity index (χ1) is 9.38. The van der Waals surface area contributed by atoms with Crippen LogP contribution >= 0.6 is 11.8 Å². The summed E-state index contributed by atoms with van der Waals surface area (Å²) in [7, 11) is 8.61. The number of ketones is 1. The van der Waals surface area contributed by atoms with Crippen LogP contribution in [0.4, 0.5) is 5.69 Å². The van der Waals surface area contributed by atoms with Gasteiger partial charge in [0.15, 0.2) is 5.78 Å². The van der Waals surface area contributed by atoms with Crippen LogP contribution in [0.15, 0.2) is 24.3 Å². The van der Waals surface area contributed by atoms with Crippen molar-refractivity contribution in [1.82, 2.24) is 0 Å². The molecule has 116 valence electrons. The highest BCUT2D eigenvalue weighted by atomic mass is 127. The molecule has 5 heteroatoms. The Balaban J connectivity index is 0.00000161. The minimum atomic E-state index is 0. The number of para-hydroxylation sites is 1. The van der Waals surface area contributed by atoms with Crippen LogP contribution < -0.4 is 28.9 Å². The lowest BCUT2D eigenvalue weighted by Gasteiger charge is -2.36. The molecule has 0 saturated carbocycles. The van der Waals surface area contributed by atoms with Gasteiger partial charge in [0, 0.05) is 18.5 Å². The number of anilines is 1. The first-order valence-electron chi connectivity index (χ1n) is 7.16. The molecule has 0 radical (unpaired) electrons. The van der Waals surface area contributed by atoms with E-state index in [0.717, 1.165) is 16.8 Å². The summed E-state index contributed by atoms with van der Waals surface area (Å²) in [5, 5.41) is 0.295. The Morgan fingerprint density at radius 1 is 1.29 bits per heavy atom. The van der Waals surface area contributed by atoms with E-state index in [-0.39, 0.29) is 35.8 Å². The number of quaternary nitrogens is 1. The number of fused-ring (bicyclic) bond motifs is 3. The summed E-state index contributed by atoms with van der Waals surface area (Å²) in [6, 6.07) is 8.38. The lowest BCUT2D eigenvalue weighted by molar-refractivity contribution is -0.872. The molecule has 3 nitrogen and oxygen atoms in total. The first kappa shape index (κ1) is 17.1. The zero-order chi connectivity index (χ0) is 14.5. The molecule has 0 bridgehead atoms. The SMILES string of the molecule is CN1c2ccccc2C2C(=O)C(C[N+](C)(C)C)CSC21.[I-]. The van der Waals surface area contributed by atoms with Crippen molar-refractivity contribution in [3.05, 3.63) is 29.8 Å². The van der Waals surface area contributed by atoms with Crippen molar-refractivity contribution >= 4 is 23.2 Å². The molecule has 0 amide bonds. The molecule has 1 saturated heterocycles. The molecule has 0 spiro atoms. The average molecular weight is 418 g/mol. The predicted molar refractivity (Wildman–Crippen MR) is 85.2 cm³/mol. The van der Waals surface area contributed by atoms with Gasteiger partial charge >= 0.3 is 0 Å². The highest BCUT2D eigenvalue weighted by molar-refractivity contribution is 8.00. The summed E-state index contributed by atoms with van der Waals surface area (Å²) >= 11 is 1.95. The molecule has 21 heavy (non-hydrogen) atoms. The van der Waals surface area contributed by atoms with Crippen molar-refractivity contribution in [2.45, 2.75) is 11.3 Å². The van der Waals surface area contributed by atoms with Gasteiger partial charge < -0.3 is 33.4 Å². The number of carbonyl (C=O) groups is 1. The second kappa shape index (κ2) is 6.08. The maximum absolute atomic E-state index is 12.9. The highest BCUT2D eigenvalue weighted by Crippen LogP contribution is 2.49. The number of rotatable bonds is 2. The van der Waals surface area contributed by atoms with Crippen molar-refractivity contribution in [3.8, 4) is 0 Å².